The van der Waals surface area contributed by atoms with E-state index in [1.807, 2.05) is 0 Å². The Morgan fingerprint density at radius 3 is 2.81 bits per heavy atom. The molecule has 6 heteroatoms. The zero-order valence-corrected chi connectivity index (χ0v) is 10.3. The third kappa shape index (κ3) is 2.98. The fourth-order valence-corrected chi connectivity index (χ4v) is 2.27. The normalized spacial score (nSPS) is 11.1. The molecule has 0 spiro atoms. The molecule has 0 fully saturated rings. The molecule has 0 aromatic heterocycles. The first-order valence-electron chi connectivity index (χ1n) is 4.45. The largest absolute Gasteiger partial charge is 0.495 e. The molecule has 1 aromatic rings. The van der Waals surface area contributed by atoms with E-state index in [-0.39, 0.29) is 11.4 Å². The molecule has 0 atom stereocenters. The van der Waals surface area contributed by atoms with Crippen molar-refractivity contribution in [2.24, 2.45) is 0 Å². The molecule has 0 aliphatic heterocycles. The summed E-state index contributed by atoms with van der Waals surface area (Å²) in [6.07, 6.45) is 1.46. The summed E-state index contributed by atoms with van der Waals surface area (Å²) in [6.45, 7) is 3.61. The van der Waals surface area contributed by atoms with E-state index < -0.39 is 10.0 Å². The average Bonchev–Trinajstić information content (AvgIpc) is 2.27. The number of benzene rings is 1. The van der Waals surface area contributed by atoms with Gasteiger partial charge in [-0.15, -0.1) is 6.58 Å². The van der Waals surface area contributed by atoms with Crippen molar-refractivity contribution in [1.82, 2.24) is 4.72 Å². The lowest BCUT2D eigenvalue weighted by molar-refractivity contribution is 0.413. The topological polar surface area (TPSA) is 55.4 Å². The smallest absolute Gasteiger partial charge is 0.240 e. The van der Waals surface area contributed by atoms with Gasteiger partial charge in [-0.3, -0.25) is 0 Å². The number of methoxy groups -OCH3 is 1. The van der Waals surface area contributed by atoms with Crippen LogP contribution >= 0.6 is 11.6 Å². The highest BCUT2D eigenvalue weighted by atomic mass is 35.5. The first kappa shape index (κ1) is 13.0. The molecule has 1 N–H and O–H groups in total. The van der Waals surface area contributed by atoms with Crippen LogP contribution in [0, 0.1) is 0 Å². The Morgan fingerprint density at radius 2 is 2.25 bits per heavy atom. The minimum atomic E-state index is -3.53. The van der Waals surface area contributed by atoms with Crippen molar-refractivity contribution in [2.75, 3.05) is 13.7 Å². The van der Waals surface area contributed by atoms with Gasteiger partial charge in [-0.1, -0.05) is 17.7 Å². The van der Waals surface area contributed by atoms with E-state index in [0.717, 1.165) is 0 Å². The molecule has 0 radical (unpaired) electrons. The Bertz CT molecular complexity index is 485. The predicted octanol–water partition coefficient (Wildman–Crippen LogP) is 1.81. The first-order valence-corrected chi connectivity index (χ1v) is 6.31. The molecule has 0 heterocycles. The molecule has 0 aliphatic carbocycles. The quantitative estimate of drug-likeness (QED) is 0.823. The van der Waals surface area contributed by atoms with Gasteiger partial charge in [0.1, 0.15) is 5.75 Å². The van der Waals surface area contributed by atoms with E-state index in [0.29, 0.717) is 10.8 Å². The lowest BCUT2D eigenvalue weighted by atomic mass is 10.3. The zero-order valence-electron chi connectivity index (χ0n) is 8.73. The number of nitrogens with one attached hydrogen (secondary N) is 1. The van der Waals surface area contributed by atoms with Crippen LogP contribution in [-0.2, 0) is 10.0 Å². The molecule has 0 amide bonds. The van der Waals surface area contributed by atoms with Gasteiger partial charge in [0.15, 0.2) is 0 Å². The van der Waals surface area contributed by atoms with E-state index in [2.05, 4.69) is 11.3 Å². The number of rotatable bonds is 5. The highest BCUT2D eigenvalue weighted by Crippen LogP contribution is 2.26. The van der Waals surface area contributed by atoms with Gasteiger partial charge in [0.05, 0.1) is 17.0 Å². The van der Waals surface area contributed by atoms with E-state index in [1.54, 1.807) is 0 Å². The Hall–Kier alpha value is -1.04. The third-order valence-electron chi connectivity index (χ3n) is 1.85. The average molecular weight is 262 g/mol. The van der Waals surface area contributed by atoms with Crippen molar-refractivity contribution in [1.29, 1.82) is 0 Å². The number of sulfonamides is 1. The van der Waals surface area contributed by atoms with Gasteiger partial charge in [-0.05, 0) is 12.1 Å². The maximum absolute atomic E-state index is 11.7. The summed E-state index contributed by atoms with van der Waals surface area (Å²) in [7, 11) is -2.11. The lowest BCUT2D eigenvalue weighted by Crippen LogP contribution is -2.23. The Morgan fingerprint density at radius 1 is 1.56 bits per heavy atom. The third-order valence-corrected chi connectivity index (χ3v) is 3.58. The van der Waals surface area contributed by atoms with Crippen molar-refractivity contribution in [2.45, 2.75) is 4.90 Å². The van der Waals surface area contributed by atoms with Gasteiger partial charge in [0, 0.05) is 12.6 Å². The second-order valence-corrected chi connectivity index (χ2v) is 5.11. The van der Waals surface area contributed by atoms with Crippen molar-refractivity contribution < 1.29 is 13.2 Å². The van der Waals surface area contributed by atoms with Gasteiger partial charge in [-0.2, -0.15) is 0 Å². The molecule has 0 unspecified atom stereocenters. The minimum Gasteiger partial charge on any atom is -0.495 e. The molecule has 0 aliphatic rings. The molecule has 1 aromatic carbocycles. The lowest BCUT2D eigenvalue weighted by Gasteiger charge is -2.07. The highest BCUT2D eigenvalue weighted by molar-refractivity contribution is 7.89. The first-order chi connectivity index (χ1) is 7.51. The van der Waals surface area contributed by atoms with Crippen molar-refractivity contribution >= 4 is 21.6 Å². The predicted molar refractivity (Wildman–Crippen MR) is 63.4 cm³/mol. The molecule has 0 saturated carbocycles. The van der Waals surface area contributed by atoms with Crippen LogP contribution in [0.2, 0.25) is 5.02 Å². The van der Waals surface area contributed by atoms with Gasteiger partial charge < -0.3 is 4.74 Å². The van der Waals surface area contributed by atoms with Crippen molar-refractivity contribution in [3.63, 3.8) is 0 Å². The van der Waals surface area contributed by atoms with Gasteiger partial charge >= 0.3 is 0 Å². The van der Waals surface area contributed by atoms with Crippen LogP contribution in [0.25, 0.3) is 0 Å². The van der Waals surface area contributed by atoms with E-state index in [4.69, 9.17) is 16.3 Å². The second kappa shape index (κ2) is 5.34. The summed E-state index contributed by atoms with van der Waals surface area (Å²) < 4.78 is 30.7. The van der Waals surface area contributed by atoms with Crippen LogP contribution < -0.4 is 9.46 Å². The van der Waals surface area contributed by atoms with E-state index in [1.165, 1.54) is 31.4 Å². The molecule has 4 nitrogen and oxygen atoms in total. The number of hydrogen-bond donors (Lipinski definition) is 1. The maximum Gasteiger partial charge on any atom is 0.240 e. The van der Waals surface area contributed by atoms with Gasteiger partial charge in [0.25, 0.3) is 0 Å². The Balaban J connectivity index is 3.09. The number of hydrogen-bond acceptors (Lipinski definition) is 3. The number of halogens is 1. The van der Waals surface area contributed by atoms with E-state index in [9.17, 15) is 8.42 Å². The Kier molecular flexibility index (Phi) is 4.35. The van der Waals surface area contributed by atoms with Crippen LogP contribution in [-0.4, -0.2) is 22.1 Å². The van der Waals surface area contributed by atoms with Crippen LogP contribution in [0.3, 0.4) is 0 Å². The molecule has 0 bridgehead atoms. The standard InChI is InChI=1S/C10H12ClNO3S/c1-3-6-12-16(13,14)8-4-5-9(11)10(7-8)15-2/h3-5,7,12H,1,6H2,2H3. The summed E-state index contributed by atoms with van der Waals surface area (Å²) in [6, 6.07) is 4.26. The molecule has 1 rings (SSSR count). The molecule has 0 saturated heterocycles. The summed E-state index contributed by atoms with van der Waals surface area (Å²) in [5.41, 5.74) is 0. The maximum atomic E-state index is 11.7. The summed E-state index contributed by atoms with van der Waals surface area (Å²) in [5, 5.41) is 0.366. The van der Waals surface area contributed by atoms with Gasteiger partial charge in [-0.25, -0.2) is 13.1 Å². The molecule has 16 heavy (non-hydrogen) atoms. The fraction of sp³-hybridized carbons (Fsp3) is 0.200. The van der Waals surface area contributed by atoms with E-state index >= 15 is 0 Å². The highest BCUT2D eigenvalue weighted by Gasteiger charge is 2.14. The minimum absolute atomic E-state index is 0.107. The molecular weight excluding hydrogens is 250 g/mol. The van der Waals surface area contributed by atoms with Crippen LogP contribution in [0.1, 0.15) is 0 Å². The van der Waals surface area contributed by atoms with Crippen LogP contribution in [0.5, 0.6) is 5.75 Å². The Labute approximate surface area is 99.9 Å². The summed E-state index contributed by atoms with van der Waals surface area (Å²) in [4.78, 5) is 0.107. The fourth-order valence-electron chi connectivity index (χ4n) is 1.06. The van der Waals surface area contributed by atoms with Crippen LogP contribution in [0.4, 0.5) is 0 Å². The number of ether oxygens (including phenoxy) is 1. The SMILES string of the molecule is C=CCNS(=O)(=O)c1ccc(Cl)c(OC)c1. The molecule has 88 valence electrons. The summed E-state index contributed by atoms with van der Waals surface area (Å²) in [5.74, 6) is 0.322. The second-order valence-electron chi connectivity index (χ2n) is 2.94. The van der Waals surface area contributed by atoms with Crippen molar-refractivity contribution in [3.05, 3.63) is 35.9 Å². The van der Waals surface area contributed by atoms with Crippen molar-refractivity contribution in [3.8, 4) is 5.75 Å². The van der Waals surface area contributed by atoms with Crippen LogP contribution in [0.15, 0.2) is 35.7 Å². The molecular formula is C10H12ClNO3S. The van der Waals surface area contributed by atoms with Gasteiger partial charge in [0.2, 0.25) is 10.0 Å². The monoisotopic (exact) mass is 261 g/mol. The summed E-state index contributed by atoms with van der Waals surface area (Å²) >= 11 is 5.79. The zero-order chi connectivity index (χ0) is 12.2.